The standard InChI is InChI=1S/C13H20N2O2/c1-10(2)12(16)9-15-13(17)6-5-11-4-3-7-14-8-11/h3-4,7-8,10,12,16H,5-6,9H2,1-2H3,(H,15,17). The molecule has 0 aliphatic carbocycles. The first-order valence-corrected chi connectivity index (χ1v) is 5.93. The maximum atomic E-state index is 11.5. The average molecular weight is 236 g/mol. The van der Waals surface area contributed by atoms with Gasteiger partial charge in [-0.3, -0.25) is 9.78 Å². The number of pyridine rings is 1. The summed E-state index contributed by atoms with van der Waals surface area (Å²) in [5, 5.41) is 12.3. The van der Waals surface area contributed by atoms with Gasteiger partial charge in [0.15, 0.2) is 0 Å². The van der Waals surface area contributed by atoms with Crippen LogP contribution in [0.5, 0.6) is 0 Å². The molecule has 0 aromatic carbocycles. The molecule has 4 heteroatoms. The van der Waals surface area contributed by atoms with Crippen LogP contribution in [-0.4, -0.2) is 28.6 Å². The van der Waals surface area contributed by atoms with E-state index in [-0.39, 0.29) is 11.8 Å². The van der Waals surface area contributed by atoms with Crippen LogP contribution >= 0.6 is 0 Å². The van der Waals surface area contributed by atoms with Gasteiger partial charge < -0.3 is 10.4 Å². The predicted molar refractivity (Wildman–Crippen MR) is 66.4 cm³/mol. The van der Waals surface area contributed by atoms with Gasteiger partial charge in [-0.1, -0.05) is 19.9 Å². The monoisotopic (exact) mass is 236 g/mol. The number of hydrogen-bond acceptors (Lipinski definition) is 3. The van der Waals surface area contributed by atoms with Crippen molar-refractivity contribution in [1.29, 1.82) is 0 Å². The molecule has 0 radical (unpaired) electrons. The van der Waals surface area contributed by atoms with Crippen molar-refractivity contribution < 1.29 is 9.90 Å². The van der Waals surface area contributed by atoms with Crippen LogP contribution in [0.25, 0.3) is 0 Å². The molecule has 1 aromatic rings. The molecule has 4 nitrogen and oxygen atoms in total. The number of carbonyl (C=O) groups is 1. The van der Waals surface area contributed by atoms with Gasteiger partial charge in [-0.05, 0) is 24.0 Å². The Morgan fingerprint density at radius 1 is 1.53 bits per heavy atom. The van der Waals surface area contributed by atoms with Crippen molar-refractivity contribution in [2.24, 2.45) is 5.92 Å². The molecule has 1 amide bonds. The van der Waals surface area contributed by atoms with Crippen molar-refractivity contribution in [3.63, 3.8) is 0 Å². The fourth-order valence-electron chi connectivity index (χ4n) is 1.35. The maximum Gasteiger partial charge on any atom is 0.220 e. The number of nitrogens with one attached hydrogen (secondary N) is 1. The molecule has 2 N–H and O–H groups in total. The third kappa shape index (κ3) is 5.45. The molecule has 0 fully saturated rings. The van der Waals surface area contributed by atoms with Gasteiger partial charge in [-0.25, -0.2) is 0 Å². The van der Waals surface area contributed by atoms with E-state index in [9.17, 15) is 9.90 Å². The third-order valence-corrected chi connectivity index (χ3v) is 2.64. The number of aromatic nitrogens is 1. The summed E-state index contributed by atoms with van der Waals surface area (Å²) in [7, 11) is 0. The Hall–Kier alpha value is -1.42. The molecule has 1 rings (SSSR count). The van der Waals surface area contributed by atoms with Crippen molar-refractivity contribution in [3.05, 3.63) is 30.1 Å². The Bertz CT molecular complexity index is 339. The number of carbonyl (C=O) groups excluding carboxylic acids is 1. The zero-order chi connectivity index (χ0) is 12.7. The van der Waals surface area contributed by atoms with Crippen molar-refractivity contribution >= 4 is 5.91 Å². The fraction of sp³-hybridized carbons (Fsp3) is 0.538. The second-order valence-corrected chi connectivity index (χ2v) is 4.48. The Morgan fingerprint density at radius 2 is 2.29 bits per heavy atom. The van der Waals surface area contributed by atoms with Crippen molar-refractivity contribution in [2.75, 3.05) is 6.54 Å². The van der Waals surface area contributed by atoms with Crippen LogP contribution in [0.4, 0.5) is 0 Å². The van der Waals surface area contributed by atoms with Crippen LogP contribution in [0.2, 0.25) is 0 Å². The lowest BCUT2D eigenvalue weighted by Crippen LogP contribution is -2.34. The second kappa shape index (κ2) is 7.01. The molecule has 1 unspecified atom stereocenters. The van der Waals surface area contributed by atoms with E-state index in [0.29, 0.717) is 19.4 Å². The summed E-state index contributed by atoms with van der Waals surface area (Å²) in [6.45, 7) is 4.17. The highest BCUT2D eigenvalue weighted by Crippen LogP contribution is 2.01. The average Bonchev–Trinajstić information content (AvgIpc) is 2.34. The SMILES string of the molecule is CC(C)C(O)CNC(=O)CCc1cccnc1. The van der Waals surface area contributed by atoms with Crippen LogP contribution in [0.1, 0.15) is 25.8 Å². The molecular weight excluding hydrogens is 216 g/mol. The van der Waals surface area contributed by atoms with Crippen molar-refractivity contribution in [1.82, 2.24) is 10.3 Å². The summed E-state index contributed by atoms with van der Waals surface area (Å²) in [6.07, 6.45) is 4.10. The summed E-state index contributed by atoms with van der Waals surface area (Å²) in [6, 6.07) is 3.80. The van der Waals surface area contributed by atoms with Crippen LogP contribution in [0.15, 0.2) is 24.5 Å². The summed E-state index contributed by atoms with van der Waals surface area (Å²) < 4.78 is 0. The fourth-order valence-corrected chi connectivity index (χ4v) is 1.35. The number of hydrogen-bond donors (Lipinski definition) is 2. The van der Waals surface area contributed by atoms with E-state index in [4.69, 9.17) is 0 Å². The third-order valence-electron chi connectivity index (χ3n) is 2.64. The molecule has 0 bridgehead atoms. The normalized spacial score (nSPS) is 12.5. The largest absolute Gasteiger partial charge is 0.391 e. The highest BCUT2D eigenvalue weighted by molar-refractivity contribution is 5.76. The Balaban J connectivity index is 2.22. The molecule has 0 spiro atoms. The van der Waals surface area contributed by atoms with Gasteiger partial charge in [0.2, 0.25) is 5.91 Å². The maximum absolute atomic E-state index is 11.5. The first-order valence-electron chi connectivity index (χ1n) is 5.93. The lowest BCUT2D eigenvalue weighted by molar-refractivity contribution is -0.121. The van der Waals surface area contributed by atoms with Gasteiger partial charge in [0.25, 0.3) is 0 Å². The highest BCUT2D eigenvalue weighted by atomic mass is 16.3. The molecule has 17 heavy (non-hydrogen) atoms. The molecule has 1 atom stereocenters. The second-order valence-electron chi connectivity index (χ2n) is 4.48. The predicted octanol–water partition coefficient (Wildman–Crippen LogP) is 1.15. The quantitative estimate of drug-likeness (QED) is 0.778. The van der Waals surface area contributed by atoms with Crippen LogP contribution < -0.4 is 5.32 Å². The number of aliphatic hydroxyl groups is 1. The van der Waals surface area contributed by atoms with Gasteiger partial charge in [0, 0.05) is 25.4 Å². The molecule has 0 saturated carbocycles. The van der Waals surface area contributed by atoms with Crippen LogP contribution in [0, 0.1) is 5.92 Å². The van der Waals surface area contributed by atoms with Crippen LogP contribution in [-0.2, 0) is 11.2 Å². The van der Waals surface area contributed by atoms with Gasteiger partial charge >= 0.3 is 0 Å². The minimum atomic E-state index is -0.475. The van der Waals surface area contributed by atoms with E-state index in [1.165, 1.54) is 0 Å². The van der Waals surface area contributed by atoms with E-state index in [0.717, 1.165) is 5.56 Å². The topological polar surface area (TPSA) is 62.2 Å². The smallest absolute Gasteiger partial charge is 0.220 e. The van der Waals surface area contributed by atoms with Crippen molar-refractivity contribution in [3.8, 4) is 0 Å². The molecular formula is C13H20N2O2. The Kier molecular flexibility index (Phi) is 5.63. The molecule has 0 aliphatic heterocycles. The number of amides is 1. The summed E-state index contributed by atoms with van der Waals surface area (Å²) in [4.78, 5) is 15.5. The Morgan fingerprint density at radius 3 is 2.88 bits per heavy atom. The van der Waals surface area contributed by atoms with Gasteiger partial charge in [0.05, 0.1) is 6.10 Å². The number of aryl methyl sites for hydroxylation is 1. The molecule has 0 saturated heterocycles. The van der Waals surface area contributed by atoms with Crippen LogP contribution in [0.3, 0.4) is 0 Å². The number of rotatable bonds is 6. The minimum absolute atomic E-state index is 0.0337. The van der Waals surface area contributed by atoms with Gasteiger partial charge in [-0.15, -0.1) is 0 Å². The first-order chi connectivity index (χ1) is 8.09. The van der Waals surface area contributed by atoms with E-state index >= 15 is 0 Å². The molecule has 94 valence electrons. The highest BCUT2D eigenvalue weighted by Gasteiger charge is 2.10. The summed E-state index contributed by atoms with van der Waals surface area (Å²) in [5.41, 5.74) is 1.05. The zero-order valence-corrected chi connectivity index (χ0v) is 10.4. The lowest BCUT2D eigenvalue weighted by atomic mass is 10.1. The molecule has 0 aliphatic rings. The molecule has 1 heterocycles. The van der Waals surface area contributed by atoms with E-state index in [1.54, 1.807) is 12.4 Å². The summed E-state index contributed by atoms with van der Waals surface area (Å²) in [5.74, 6) is 0.127. The first kappa shape index (κ1) is 13.6. The number of aliphatic hydroxyl groups excluding tert-OH is 1. The van der Waals surface area contributed by atoms with Gasteiger partial charge in [0.1, 0.15) is 0 Å². The van der Waals surface area contributed by atoms with E-state index in [2.05, 4.69) is 10.3 Å². The zero-order valence-electron chi connectivity index (χ0n) is 10.4. The summed E-state index contributed by atoms with van der Waals surface area (Å²) >= 11 is 0. The Labute approximate surface area is 102 Å². The molecule has 1 aromatic heterocycles. The van der Waals surface area contributed by atoms with E-state index < -0.39 is 6.10 Å². The van der Waals surface area contributed by atoms with Crippen molar-refractivity contribution in [2.45, 2.75) is 32.8 Å². The minimum Gasteiger partial charge on any atom is -0.391 e. The van der Waals surface area contributed by atoms with Gasteiger partial charge in [-0.2, -0.15) is 0 Å². The van der Waals surface area contributed by atoms with E-state index in [1.807, 2.05) is 26.0 Å². The lowest BCUT2D eigenvalue weighted by Gasteiger charge is -2.14. The number of nitrogens with zero attached hydrogens (tertiary/aromatic N) is 1.